The zero-order valence-corrected chi connectivity index (χ0v) is 18.2. The van der Waals surface area contributed by atoms with E-state index in [0.29, 0.717) is 23.3 Å². The molecule has 1 unspecified atom stereocenters. The minimum absolute atomic E-state index is 0. The number of rotatable bonds is 5. The van der Waals surface area contributed by atoms with Gasteiger partial charge in [-0.3, -0.25) is 0 Å². The Morgan fingerprint density at radius 2 is 1.85 bits per heavy atom. The highest BCUT2D eigenvalue weighted by Crippen LogP contribution is 2.24. The topological polar surface area (TPSA) is 79.9 Å². The van der Waals surface area contributed by atoms with Crippen LogP contribution in [0, 0.1) is 0 Å². The van der Waals surface area contributed by atoms with Crippen LogP contribution in [0.15, 0.2) is 47.7 Å². The van der Waals surface area contributed by atoms with Gasteiger partial charge in [0, 0.05) is 38.6 Å². The van der Waals surface area contributed by atoms with Crippen molar-refractivity contribution in [3.05, 3.63) is 47.7 Å². The van der Waals surface area contributed by atoms with Crippen molar-refractivity contribution in [1.29, 1.82) is 0 Å². The van der Waals surface area contributed by atoms with E-state index in [9.17, 15) is 0 Å². The molecule has 1 atom stereocenters. The van der Waals surface area contributed by atoms with E-state index in [4.69, 9.17) is 22.1 Å². The first-order valence-electron chi connectivity index (χ1n) is 8.61. The highest BCUT2D eigenvalue weighted by atomic mass is 127. The van der Waals surface area contributed by atoms with Crippen LogP contribution < -0.4 is 15.4 Å². The van der Waals surface area contributed by atoms with Crippen molar-refractivity contribution >= 4 is 47.5 Å². The number of piperazine rings is 1. The molecule has 2 aromatic rings. The summed E-state index contributed by atoms with van der Waals surface area (Å²) in [4.78, 5) is 17.3. The fraction of sp³-hybridized carbons (Fsp3) is 0.389. The maximum Gasteiger partial charge on any atom is 0.225 e. The average molecular weight is 503 g/mol. The molecule has 1 saturated heterocycles. The van der Waals surface area contributed by atoms with Crippen LogP contribution in [-0.4, -0.2) is 59.7 Å². The summed E-state index contributed by atoms with van der Waals surface area (Å²) in [5.74, 6) is 1.95. The summed E-state index contributed by atoms with van der Waals surface area (Å²) in [5, 5.41) is 0.593. The molecule has 1 aliphatic heterocycles. The third-order valence-corrected chi connectivity index (χ3v) is 4.43. The summed E-state index contributed by atoms with van der Waals surface area (Å²) in [5.41, 5.74) is 6.15. The number of halogens is 2. The molecule has 9 heteroatoms. The standard InChI is InChI=1S/C18H23ClN6O.HI/c1-14(26-16-6-3-2-5-15(16)19)13-23-17(20)24-9-11-25(12-10-24)18-21-7-4-8-22-18;/h2-8,14H,9-13H2,1H3,(H2,20,23);1H. The van der Waals surface area contributed by atoms with Gasteiger partial charge in [-0.1, -0.05) is 23.7 Å². The van der Waals surface area contributed by atoms with Crippen LogP contribution in [-0.2, 0) is 0 Å². The number of ether oxygens (including phenoxy) is 1. The van der Waals surface area contributed by atoms with E-state index < -0.39 is 0 Å². The molecule has 0 aliphatic carbocycles. The van der Waals surface area contributed by atoms with Crippen molar-refractivity contribution in [2.75, 3.05) is 37.6 Å². The van der Waals surface area contributed by atoms with Gasteiger partial charge in [0.25, 0.3) is 0 Å². The number of hydrogen-bond acceptors (Lipinski definition) is 5. The maximum absolute atomic E-state index is 6.15. The van der Waals surface area contributed by atoms with E-state index in [2.05, 4.69) is 24.8 Å². The summed E-state index contributed by atoms with van der Waals surface area (Å²) in [6.07, 6.45) is 3.39. The Labute approximate surface area is 181 Å². The minimum Gasteiger partial charge on any atom is -0.487 e. The number of nitrogens with two attached hydrogens (primary N) is 1. The van der Waals surface area contributed by atoms with Crippen molar-refractivity contribution in [2.45, 2.75) is 13.0 Å². The lowest BCUT2D eigenvalue weighted by atomic mass is 10.3. The Hall–Kier alpha value is -1.81. The van der Waals surface area contributed by atoms with E-state index in [0.717, 1.165) is 32.1 Å². The zero-order chi connectivity index (χ0) is 18.4. The number of benzene rings is 1. The van der Waals surface area contributed by atoms with Crippen LogP contribution in [0.1, 0.15) is 6.92 Å². The molecular formula is C18H24ClIN6O. The first kappa shape index (κ1) is 21.5. The quantitative estimate of drug-likeness (QED) is 0.385. The molecule has 0 spiro atoms. The number of hydrogen-bond donors (Lipinski definition) is 1. The number of aromatic nitrogens is 2. The van der Waals surface area contributed by atoms with Gasteiger partial charge in [0.2, 0.25) is 5.95 Å². The molecule has 2 N–H and O–H groups in total. The molecule has 146 valence electrons. The molecule has 27 heavy (non-hydrogen) atoms. The van der Waals surface area contributed by atoms with Gasteiger partial charge in [-0.25, -0.2) is 15.0 Å². The molecule has 0 saturated carbocycles. The summed E-state index contributed by atoms with van der Waals surface area (Å²) < 4.78 is 5.82. The van der Waals surface area contributed by atoms with Gasteiger partial charge >= 0.3 is 0 Å². The minimum atomic E-state index is -0.118. The molecular weight excluding hydrogens is 479 g/mol. The maximum atomic E-state index is 6.15. The van der Waals surface area contributed by atoms with Gasteiger partial charge < -0.3 is 20.3 Å². The summed E-state index contributed by atoms with van der Waals surface area (Å²) >= 11 is 6.11. The first-order valence-corrected chi connectivity index (χ1v) is 8.99. The van der Waals surface area contributed by atoms with Gasteiger partial charge in [-0.05, 0) is 25.1 Å². The summed E-state index contributed by atoms with van der Waals surface area (Å²) in [6, 6.07) is 9.22. The lowest BCUT2D eigenvalue weighted by Gasteiger charge is -2.35. The molecule has 3 rings (SSSR count). The van der Waals surface area contributed by atoms with Crippen LogP contribution >= 0.6 is 35.6 Å². The molecule has 7 nitrogen and oxygen atoms in total. The molecule has 1 fully saturated rings. The first-order chi connectivity index (χ1) is 12.6. The lowest BCUT2D eigenvalue weighted by Crippen LogP contribution is -2.51. The Kier molecular flexibility index (Phi) is 8.36. The fourth-order valence-corrected chi connectivity index (χ4v) is 2.89. The second-order valence-corrected chi connectivity index (χ2v) is 6.49. The number of anilines is 1. The number of nitrogens with zero attached hydrogens (tertiary/aromatic N) is 5. The van der Waals surface area contributed by atoms with Crippen LogP contribution in [0.4, 0.5) is 5.95 Å². The average Bonchev–Trinajstić information content (AvgIpc) is 2.69. The van der Waals surface area contributed by atoms with Gasteiger partial charge in [0.05, 0.1) is 11.6 Å². The molecule has 1 aromatic carbocycles. The fourth-order valence-electron chi connectivity index (χ4n) is 2.71. The van der Waals surface area contributed by atoms with Crippen LogP contribution in [0.3, 0.4) is 0 Å². The Morgan fingerprint density at radius 3 is 2.52 bits per heavy atom. The molecule has 1 aromatic heterocycles. The molecule has 0 radical (unpaired) electrons. The normalized spacial score (nSPS) is 15.9. The highest BCUT2D eigenvalue weighted by Gasteiger charge is 2.20. The van der Waals surface area contributed by atoms with E-state index in [1.165, 1.54) is 0 Å². The zero-order valence-electron chi connectivity index (χ0n) is 15.2. The summed E-state index contributed by atoms with van der Waals surface area (Å²) in [6.45, 7) is 5.61. The van der Waals surface area contributed by atoms with Crippen molar-refractivity contribution in [3.8, 4) is 5.75 Å². The van der Waals surface area contributed by atoms with Crippen molar-refractivity contribution < 1.29 is 4.74 Å². The Bertz CT molecular complexity index is 740. The molecule has 1 aliphatic rings. The van der Waals surface area contributed by atoms with E-state index in [-0.39, 0.29) is 30.1 Å². The van der Waals surface area contributed by atoms with Gasteiger partial charge in [0.15, 0.2) is 5.96 Å². The van der Waals surface area contributed by atoms with Crippen molar-refractivity contribution in [1.82, 2.24) is 14.9 Å². The summed E-state index contributed by atoms with van der Waals surface area (Å²) in [7, 11) is 0. The van der Waals surface area contributed by atoms with E-state index >= 15 is 0 Å². The third-order valence-electron chi connectivity index (χ3n) is 4.11. The van der Waals surface area contributed by atoms with Gasteiger partial charge in [-0.2, -0.15) is 0 Å². The second-order valence-electron chi connectivity index (χ2n) is 6.08. The SMILES string of the molecule is CC(CN=C(N)N1CCN(c2ncccn2)CC1)Oc1ccccc1Cl.I. The van der Waals surface area contributed by atoms with Crippen LogP contribution in [0.2, 0.25) is 5.02 Å². The lowest BCUT2D eigenvalue weighted by molar-refractivity contribution is 0.229. The Morgan fingerprint density at radius 1 is 1.19 bits per heavy atom. The van der Waals surface area contributed by atoms with Gasteiger partial charge in [-0.15, -0.1) is 24.0 Å². The Balaban J connectivity index is 0.00000261. The highest BCUT2D eigenvalue weighted by molar-refractivity contribution is 14.0. The largest absolute Gasteiger partial charge is 0.487 e. The molecule has 0 bridgehead atoms. The van der Waals surface area contributed by atoms with Gasteiger partial charge in [0.1, 0.15) is 11.9 Å². The van der Waals surface area contributed by atoms with E-state index in [1.54, 1.807) is 18.5 Å². The van der Waals surface area contributed by atoms with E-state index in [1.807, 2.05) is 31.2 Å². The molecule has 0 amide bonds. The van der Waals surface area contributed by atoms with Crippen molar-refractivity contribution in [2.24, 2.45) is 10.7 Å². The number of guanidine groups is 1. The van der Waals surface area contributed by atoms with Crippen LogP contribution in [0.25, 0.3) is 0 Å². The monoisotopic (exact) mass is 502 g/mol. The van der Waals surface area contributed by atoms with Crippen molar-refractivity contribution in [3.63, 3.8) is 0 Å². The molecule has 2 heterocycles. The predicted octanol–water partition coefficient (Wildman–Crippen LogP) is 2.65. The third kappa shape index (κ3) is 6.10. The van der Waals surface area contributed by atoms with Crippen LogP contribution in [0.5, 0.6) is 5.75 Å². The number of para-hydroxylation sites is 1. The predicted molar refractivity (Wildman–Crippen MR) is 119 cm³/mol. The second kappa shape index (κ2) is 10.5. The smallest absolute Gasteiger partial charge is 0.225 e. The number of aliphatic imine (C=N–C) groups is 1.